The summed E-state index contributed by atoms with van der Waals surface area (Å²) >= 11 is 0. The molecule has 1 amide bonds. The van der Waals surface area contributed by atoms with Crippen LogP contribution in [0.1, 0.15) is 44.0 Å². The van der Waals surface area contributed by atoms with Gasteiger partial charge in [-0.3, -0.25) is 4.79 Å². The summed E-state index contributed by atoms with van der Waals surface area (Å²) in [6.45, 7) is 7.09. The van der Waals surface area contributed by atoms with Crippen LogP contribution in [-0.4, -0.2) is 30.4 Å². The first-order valence-corrected chi connectivity index (χ1v) is 6.75. The van der Waals surface area contributed by atoms with Gasteiger partial charge in [-0.25, -0.2) is 0 Å². The van der Waals surface area contributed by atoms with Gasteiger partial charge in [-0.05, 0) is 31.9 Å². The zero-order valence-electron chi connectivity index (χ0n) is 11.9. The van der Waals surface area contributed by atoms with Crippen molar-refractivity contribution < 1.29 is 4.79 Å². The van der Waals surface area contributed by atoms with Crippen molar-refractivity contribution in [3.05, 3.63) is 29.8 Å². The minimum atomic E-state index is 0.0975. The molecule has 0 spiro atoms. The Hall–Kier alpha value is -1.51. The second kappa shape index (κ2) is 7.04. The molecule has 0 bridgehead atoms. The first kappa shape index (κ1) is 14.6. The van der Waals surface area contributed by atoms with E-state index < -0.39 is 0 Å². The largest absolute Gasteiger partial charge is 0.385 e. The summed E-state index contributed by atoms with van der Waals surface area (Å²) in [5, 5.41) is 3.24. The van der Waals surface area contributed by atoms with Gasteiger partial charge in [0, 0.05) is 25.3 Å². The van der Waals surface area contributed by atoms with Crippen LogP contribution < -0.4 is 5.32 Å². The predicted octanol–water partition coefficient (Wildman–Crippen LogP) is 3.38. The fourth-order valence-electron chi connectivity index (χ4n) is 2.21. The van der Waals surface area contributed by atoms with Gasteiger partial charge < -0.3 is 10.2 Å². The van der Waals surface area contributed by atoms with E-state index in [0.717, 1.165) is 30.6 Å². The Bertz CT molecular complexity index is 386. The number of benzene rings is 1. The second-order valence-electron chi connectivity index (χ2n) is 4.46. The predicted molar refractivity (Wildman–Crippen MR) is 77.1 cm³/mol. The molecule has 1 rings (SSSR count). The lowest BCUT2D eigenvalue weighted by molar-refractivity contribution is 0.0724. The molecule has 0 aliphatic carbocycles. The number of carbonyl (C=O) groups excluding carboxylic acids is 1. The third kappa shape index (κ3) is 3.25. The summed E-state index contributed by atoms with van der Waals surface area (Å²) < 4.78 is 0. The molecule has 100 valence electrons. The number of hydrogen-bond acceptors (Lipinski definition) is 2. The Morgan fingerprint density at radius 1 is 1.22 bits per heavy atom. The minimum Gasteiger partial charge on any atom is -0.385 e. The van der Waals surface area contributed by atoms with Crippen LogP contribution in [0.5, 0.6) is 0 Å². The summed E-state index contributed by atoms with van der Waals surface area (Å²) in [5.74, 6) is 0.0975. The fraction of sp³-hybridized carbons (Fsp3) is 0.533. The monoisotopic (exact) mass is 248 g/mol. The quantitative estimate of drug-likeness (QED) is 0.837. The van der Waals surface area contributed by atoms with Crippen LogP contribution in [0.3, 0.4) is 0 Å². The highest BCUT2D eigenvalue weighted by Crippen LogP contribution is 2.19. The van der Waals surface area contributed by atoms with Gasteiger partial charge in [0.25, 0.3) is 5.91 Å². The molecule has 0 aromatic heterocycles. The number of nitrogens with zero attached hydrogens (tertiary/aromatic N) is 1. The van der Waals surface area contributed by atoms with E-state index >= 15 is 0 Å². The molecule has 0 aliphatic rings. The molecular formula is C15H24N2O. The van der Waals surface area contributed by atoms with Gasteiger partial charge in [-0.2, -0.15) is 0 Å². The lowest BCUT2D eigenvalue weighted by atomic mass is 10.1. The topological polar surface area (TPSA) is 32.3 Å². The molecule has 1 N–H and O–H groups in total. The van der Waals surface area contributed by atoms with E-state index in [1.807, 2.05) is 43.1 Å². The average Bonchev–Trinajstić information content (AvgIpc) is 2.40. The van der Waals surface area contributed by atoms with E-state index in [9.17, 15) is 4.79 Å². The molecule has 0 saturated heterocycles. The highest BCUT2D eigenvalue weighted by Gasteiger charge is 2.20. The molecule has 3 nitrogen and oxygen atoms in total. The molecular weight excluding hydrogens is 224 g/mol. The normalized spacial score (nSPS) is 10.5. The van der Waals surface area contributed by atoms with Crippen LogP contribution in [0.4, 0.5) is 5.69 Å². The summed E-state index contributed by atoms with van der Waals surface area (Å²) in [6.07, 6.45) is 1.98. The van der Waals surface area contributed by atoms with Crippen molar-refractivity contribution in [2.45, 2.75) is 39.7 Å². The van der Waals surface area contributed by atoms with Crippen molar-refractivity contribution in [2.75, 3.05) is 18.9 Å². The van der Waals surface area contributed by atoms with Crippen molar-refractivity contribution in [1.29, 1.82) is 0 Å². The summed E-state index contributed by atoms with van der Waals surface area (Å²) in [6, 6.07) is 8.02. The maximum atomic E-state index is 12.5. The molecule has 0 fully saturated rings. The Labute approximate surface area is 110 Å². The van der Waals surface area contributed by atoms with Crippen LogP contribution in [0.25, 0.3) is 0 Å². The van der Waals surface area contributed by atoms with E-state index in [1.54, 1.807) is 0 Å². The smallest absolute Gasteiger partial charge is 0.255 e. The summed E-state index contributed by atoms with van der Waals surface area (Å²) in [4.78, 5) is 14.3. The number of amides is 1. The lowest BCUT2D eigenvalue weighted by Crippen LogP contribution is -2.36. The van der Waals surface area contributed by atoms with E-state index in [4.69, 9.17) is 0 Å². The molecule has 0 aliphatic heterocycles. The van der Waals surface area contributed by atoms with E-state index in [0.29, 0.717) is 6.04 Å². The highest BCUT2D eigenvalue weighted by atomic mass is 16.2. The molecule has 0 heterocycles. The molecule has 0 saturated carbocycles. The van der Waals surface area contributed by atoms with Crippen LogP contribution in [0.2, 0.25) is 0 Å². The van der Waals surface area contributed by atoms with Gasteiger partial charge in [0.1, 0.15) is 0 Å². The molecule has 0 atom stereocenters. The van der Waals surface area contributed by atoms with Crippen molar-refractivity contribution >= 4 is 11.6 Å². The number of carbonyl (C=O) groups is 1. The van der Waals surface area contributed by atoms with Crippen molar-refractivity contribution in [3.63, 3.8) is 0 Å². The van der Waals surface area contributed by atoms with Crippen molar-refractivity contribution in [2.24, 2.45) is 0 Å². The maximum absolute atomic E-state index is 12.5. The average molecular weight is 248 g/mol. The number of rotatable bonds is 6. The number of para-hydroxylation sites is 1. The number of hydrogen-bond donors (Lipinski definition) is 1. The van der Waals surface area contributed by atoms with E-state index in [2.05, 4.69) is 19.2 Å². The fourth-order valence-corrected chi connectivity index (χ4v) is 2.21. The third-order valence-corrected chi connectivity index (χ3v) is 3.34. The van der Waals surface area contributed by atoms with Gasteiger partial charge >= 0.3 is 0 Å². The lowest BCUT2D eigenvalue weighted by Gasteiger charge is -2.27. The molecule has 3 heteroatoms. The van der Waals surface area contributed by atoms with Crippen LogP contribution >= 0.6 is 0 Å². The Kier molecular flexibility index (Phi) is 5.69. The number of anilines is 1. The second-order valence-corrected chi connectivity index (χ2v) is 4.46. The SMILES string of the molecule is CCNc1ccccc1C(=O)N(C)C(CC)CC. The van der Waals surface area contributed by atoms with E-state index in [1.165, 1.54) is 0 Å². The molecule has 0 unspecified atom stereocenters. The Balaban J connectivity index is 2.95. The van der Waals surface area contributed by atoms with Gasteiger partial charge in [0.15, 0.2) is 0 Å². The Morgan fingerprint density at radius 2 is 1.83 bits per heavy atom. The van der Waals surface area contributed by atoms with Gasteiger partial charge in [0.05, 0.1) is 5.56 Å². The first-order chi connectivity index (χ1) is 8.65. The summed E-state index contributed by atoms with van der Waals surface area (Å²) in [5.41, 5.74) is 1.68. The summed E-state index contributed by atoms with van der Waals surface area (Å²) in [7, 11) is 1.89. The van der Waals surface area contributed by atoms with Gasteiger partial charge in [-0.15, -0.1) is 0 Å². The maximum Gasteiger partial charge on any atom is 0.255 e. The zero-order chi connectivity index (χ0) is 13.5. The highest BCUT2D eigenvalue weighted by molar-refractivity contribution is 5.99. The molecule has 1 aromatic carbocycles. The third-order valence-electron chi connectivity index (χ3n) is 3.34. The van der Waals surface area contributed by atoms with Gasteiger partial charge in [-0.1, -0.05) is 26.0 Å². The first-order valence-electron chi connectivity index (χ1n) is 6.75. The number of nitrogens with one attached hydrogen (secondary N) is 1. The van der Waals surface area contributed by atoms with Crippen LogP contribution in [0, 0.1) is 0 Å². The molecule has 18 heavy (non-hydrogen) atoms. The Morgan fingerprint density at radius 3 is 2.39 bits per heavy atom. The van der Waals surface area contributed by atoms with E-state index in [-0.39, 0.29) is 5.91 Å². The van der Waals surface area contributed by atoms with Crippen molar-refractivity contribution in [1.82, 2.24) is 4.90 Å². The molecule has 1 aromatic rings. The van der Waals surface area contributed by atoms with Gasteiger partial charge in [0.2, 0.25) is 0 Å². The van der Waals surface area contributed by atoms with Crippen LogP contribution in [-0.2, 0) is 0 Å². The molecule has 0 radical (unpaired) electrons. The standard InChI is InChI=1S/C15H24N2O/c1-5-12(6-2)17(4)15(18)13-10-8-9-11-14(13)16-7-3/h8-12,16H,5-7H2,1-4H3. The zero-order valence-corrected chi connectivity index (χ0v) is 11.9. The van der Waals surface area contributed by atoms with Crippen molar-refractivity contribution in [3.8, 4) is 0 Å². The minimum absolute atomic E-state index is 0.0975. The van der Waals surface area contributed by atoms with Crippen LogP contribution in [0.15, 0.2) is 24.3 Å².